The summed E-state index contributed by atoms with van der Waals surface area (Å²) in [6.07, 6.45) is 2.76. The third kappa shape index (κ3) is 4.34. The van der Waals surface area contributed by atoms with E-state index < -0.39 is 12.0 Å². The largest absolute Gasteiger partial charge is 0.378 e. The van der Waals surface area contributed by atoms with E-state index in [4.69, 9.17) is 16.6 Å². The average Bonchev–Trinajstić information content (AvgIpc) is 3.75. The van der Waals surface area contributed by atoms with E-state index >= 15 is 0 Å². The Hall–Kier alpha value is -3.81. The number of hydrogen-bond acceptors (Lipinski definition) is 5. The number of amides is 1. The van der Waals surface area contributed by atoms with Gasteiger partial charge in [-0.15, -0.1) is 0 Å². The SMILES string of the molecule is O=C([C@H](O)c1cccc(Cl)c1)N1CCc2nc(C3(c4ccc(-c5ccccc5)nc4)CC3)[nH]c(=O)c2C1. The molecule has 6 rings (SSSR count). The van der Waals surface area contributed by atoms with Gasteiger partial charge in [-0.1, -0.05) is 60.1 Å². The van der Waals surface area contributed by atoms with Gasteiger partial charge in [-0.05, 0) is 42.2 Å². The number of aromatic amines is 1. The Morgan fingerprint density at radius 2 is 1.89 bits per heavy atom. The number of pyridine rings is 1. The van der Waals surface area contributed by atoms with Crippen molar-refractivity contribution >= 4 is 17.5 Å². The Morgan fingerprint density at radius 1 is 1.08 bits per heavy atom. The van der Waals surface area contributed by atoms with Crippen LogP contribution >= 0.6 is 11.6 Å². The lowest BCUT2D eigenvalue weighted by molar-refractivity contribution is -0.141. The molecule has 0 unspecified atom stereocenters. The van der Waals surface area contributed by atoms with Gasteiger partial charge in [0.15, 0.2) is 6.10 Å². The lowest BCUT2D eigenvalue weighted by Crippen LogP contribution is -2.42. The fourth-order valence-corrected chi connectivity index (χ4v) is 5.27. The van der Waals surface area contributed by atoms with Crippen LogP contribution in [0, 0.1) is 0 Å². The summed E-state index contributed by atoms with van der Waals surface area (Å²) in [6.45, 7) is 0.481. The van der Waals surface area contributed by atoms with E-state index in [-0.39, 0.29) is 17.5 Å². The van der Waals surface area contributed by atoms with E-state index in [1.165, 1.54) is 4.90 Å². The molecule has 0 saturated heterocycles. The van der Waals surface area contributed by atoms with E-state index in [9.17, 15) is 14.7 Å². The minimum absolute atomic E-state index is 0.106. The smallest absolute Gasteiger partial charge is 0.256 e. The number of H-pyrrole nitrogens is 1. The fraction of sp³-hybridized carbons (Fsp3) is 0.241. The topological polar surface area (TPSA) is 99.2 Å². The van der Waals surface area contributed by atoms with E-state index in [0.717, 1.165) is 29.7 Å². The predicted octanol–water partition coefficient (Wildman–Crippen LogP) is 4.18. The third-order valence-corrected chi connectivity index (χ3v) is 7.60. The van der Waals surface area contributed by atoms with Gasteiger partial charge in [0.25, 0.3) is 11.5 Å². The Balaban J connectivity index is 1.23. The summed E-state index contributed by atoms with van der Waals surface area (Å²) in [4.78, 5) is 40.2. The van der Waals surface area contributed by atoms with Crippen LogP contribution in [-0.2, 0) is 23.2 Å². The number of nitrogens with zero attached hydrogens (tertiary/aromatic N) is 3. The molecular weight excluding hydrogens is 488 g/mol. The summed E-state index contributed by atoms with van der Waals surface area (Å²) in [5.74, 6) is 0.198. The Labute approximate surface area is 218 Å². The fourth-order valence-electron chi connectivity index (χ4n) is 5.08. The van der Waals surface area contributed by atoms with Crippen LogP contribution in [-0.4, -0.2) is 37.4 Å². The second kappa shape index (κ2) is 9.25. The monoisotopic (exact) mass is 512 g/mol. The van der Waals surface area contributed by atoms with E-state index in [1.54, 1.807) is 24.3 Å². The number of aliphatic hydroxyl groups is 1. The number of aromatic nitrogens is 3. The highest BCUT2D eigenvalue weighted by Gasteiger charge is 2.49. The molecule has 2 aromatic heterocycles. The van der Waals surface area contributed by atoms with Crippen LogP contribution in [0.15, 0.2) is 77.7 Å². The number of benzene rings is 2. The molecule has 37 heavy (non-hydrogen) atoms. The molecule has 0 spiro atoms. The molecule has 2 N–H and O–H groups in total. The second-order valence-electron chi connectivity index (χ2n) is 9.69. The molecule has 1 aliphatic carbocycles. The molecule has 2 aromatic carbocycles. The quantitative estimate of drug-likeness (QED) is 0.418. The standard InChI is InChI=1S/C29H25ClN4O3/c30-21-8-4-7-19(15-21)25(35)27(37)34-14-11-24-22(17-34)26(36)33-28(32-24)29(12-13-29)20-9-10-23(31-16-20)18-5-2-1-3-6-18/h1-10,15-16,25,35H,11-14,17H2,(H,32,33,36)/t25-/m1/s1. The van der Waals surface area contributed by atoms with Crippen molar-refractivity contribution in [3.05, 3.63) is 117 Å². The molecule has 4 aromatic rings. The van der Waals surface area contributed by atoms with Crippen molar-refractivity contribution in [3.63, 3.8) is 0 Å². The number of hydrogen-bond donors (Lipinski definition) is 2. The number of aliphatic hydroxyl groups excluding tert-OH is 1. The van der Waals surface area contributed by atoms with Crippen molar-refractivity contribution in [2.24, 2.45) is 0 Å². The lowest BCUT2D eigenvalue weighted by Gasteiger charge is -2.30. The summed E-state index contributed by atoms with van der Waals surface area (Å²) < 4.78 is 0. The molecule has 1 fully saturated rings. The highest BCUT2D eigenvalue weighted by atomic mass is 35.5. The van der Waals surface area contributed by atoms with Gasteiger partial charge in [0.1, 0.15) is 5.82 Å². The number of rotatable bonds is 5. The van der Waals surface area contributed by atoms with Crippen molar-refractivity contribution in [2.75, 3.05) is 6.54 Å². The number of nitrogens with one attached hydrogen (secondary N) is 1. The molecule has 3 heterocycles. The van der Waals surface area contributed by atoms with Crippen molar-refractivity contribution < 1.29 is 9.90 Å². The zero-order chi connectivity index (χ0) is 25.6. The first-order valence-electron chi connectivity index (χ1n) is 12.3. The molecule has 1 amide bonds. The van der Waals surface area contributed by atoms with Crippen molar-refractivity contribution in [1.29, 1.82) is 0 Å². The van der Waals surface area contributed by atoms with Crippen LogP contribution in [0.25, 0.3) is 11.3 Å². The zero-order valence-electron chi connectivity index (χ0n) is 20.0. The van der Waals surface area contributed by atoms with Crippen LogP contribution in [0.3, 0.4) is 0 Å². The second-order valence-corrected chi connectivity index (χ2v) is 10.1. The maximum Gasteiger partial charge on any atom is 0.256 e. The van der Waals surface area contributed by atoms with Gasteiger partial charge in [-0.25, -0.2) is 4.98 Å². The predicted molar refractivity (Wildman–Crippen MR) is 140 cm³/mol. The van der Waals surface area contributed by atoms with Crippen LogP contribution in [0.4, 0.5) is 0 Å². The summed E-state index contributed by atoms with van der Waals surface area (Å²) in [7, 11) is 0. The zero-order valence-corrected chi connectivity index (χ0v) is 20.8. The number of carbonyl (C=O) groups is 1. The molecule has 1 saturated carbocycles. The van der Waals surface area contributed by atoms with Gasteiger partial charge in [0.05, 0.1) is 28.9 Å². The van der Waals surface area contributed by atoms with Gasteiger partial charge < -0.3 is 15.0 Å². The van der Waals surface area contributed by atoms with Crippen LogP contribution < -0.4 is 5.56 Å². The molecule has 1 aliphatic heterocycles. The molecule has 8 heteroatoms. The minimum Gasteiger partial charge on any atom is -0.378 e. The summed E-state index contributed by atoms with van der Waals surface area (Å²) >= 11 is 6.01. The van der Waals surface area contributed by atoms with Gasteiger partial charge in [0.2, 0.25) is 0 Å². The first kappa shape index (κ1) is 23.6. The molecular formula is C29H25ClN4O3. The first-order valence-corrected chi connectivity index (χ1v) is 12.7. The molecule has 7 nitrogen and oxygen atoms in total. The Morgan fingerprint density at radius 3 is 2.59 bits per heavy atom. The minimum atomic E-state index is -1.34. The lowest BCUT2D eigenvalue weighted by atomic mass is 9.95. The summed E-state index contributed by atoms with van der Waals surface area (Å²) in [5, 5.41) is 11.0. The van der Waals surface area contributed by atoms with Gasteiger partial charge in [-0.2, -0.15) is 0 Å². The van der Waals surface area contributed by atoms with Crippen molar-refractivity contribution in [2.45, 2.75) is 37.3 Å². The van der Waals surface area contributed by atoms with Crippen molar-refractivity contribution in [3.8, 4) is 11.3 Å². The Bertz CT molecular complexity index is 1530. The highest BCUT2D eigenvalue weighted by Crippen LogP contribution is 2.52. The average molecular weight is 513 g/mol. The van der Waals surface area contributed by atoms with Crippen LogP contribution in [0.5, 0.6) is 0 Å². The third-order valence-electron chi connectivity index (χ3n) is 7.37. The normalized spacial score (nSPS) is 16.6. The highest BCUT2D eigenvalue weighted by molar-refractivity contribution is 6.30. The van der Waals surface area contributed by atoms with Crippen LogP contribution in [0.1, 0.15) is 47.2 Å². The van der Waals surface area contributed by atoms with Gasteiger partial charge >= 0.3 is 0 Å². The molecule has 1 atom stereocenters. The van der Waals surface area contributed by atoms with E-state index in [0.29, 0.717) is 40.6 Å². The van der Waals surface area contributed by atoms with Gasteiger partial charge in [-0.3, -0.25) is 14.6 Å². The molecule has 186 valence electrons. The number of halogens is 1. The molecule has 0 radical (unpaired) electrons. The maximum atomic E-state index is 13.2. The first-order chi connectivity index (χ1) is 17.9. The van der Waals surface area contributed by atoms with E-state index in [1.807, 2.05) is 42.6 Å². The van der Waals surface area contributed by atoms with Crippen LogP contribution in [0.2, 0.25) is 5.02 Å². The maximum absolute atomic E-state index is 13.2. The van der Waals surface area contributed by atoms with Gasteiger partial charge in [0, 0.05) is 29.7 Å². The summed E-state index contributed by atoms with van der Waals surface area (Å²) in [5.41, 5.74) is 4.01. The number of fused-ring (bicyclic) bond motifs is 1. The summed E-state index contributed by atoms with van der Waals surface area (Å²) in [6, 6.07) is 20.7. The Kier molecular flexibility index (Phi) is 5.89. The number of carbonyl (C=O) groups excluding carboxylic acids is 1. The van der Waals surface area contributed by atoms with E-state index in [2.05, 4.69) is 16.0 Å². The molecule has 0 bridgehead atoms. The molecule has 2 aliphatic rings. The van der Waals surface area contributed by atoms with Crippen molar-refractivity contribution in [1.82, 2.24) is 19.9 Å².